The first-order valence-corrected chi connectivity index (χ1v) is 6.09. The minimum Gasteiger partial charge on any atom is -0.469 e. The summed E-state index contributed by atoms with van der Waals surface area (Å²) in [5.74, 6) is 0.917. The van der Waals surface area contributed by atoms with Crippen LogP contribution in [0.1, 0.15) is 18.6 Å². The predicted molar refractivity (Wildman–Crippen MR) is 66.9 cm³/mol. The van der Waals surface area contributed by atoms with E-state index in [0.29, 0.717) is 19.4 Å². The smallest absolute Gasteiger partial charge is 0.220 e. The second kappa shape index (κ2) is 6.64. The molecule has 0 saturated carbocycles. The van der Waals surface area contributed by atoms with Crippen molar-refractivity contribution in [3.05, 3.63) is 42.9 Å². The third-order valence-electron chi connectivity index (χ3n) is 2.65. The number of carbonyl (C=O) groups excluding carboxylic acids is 1. The summed E-state index contributed by atoms with van der Waals surface area (Å²) in [6.45, 7) is 1.56. The van der Waals surface area contributed by atoms with Gasteiger partial charge in [0.2, 0.25) is 5.91 Å². The van der Waals surface area contributed by atoms with E-state index in [9.17, 15) is 4.79 Å². The Kier molecular flexibility index (Phi) is 4.58. The first-order chi connectivity index (χ1) is 8.84. The van der Waals surface area contributed by atoms with Crippen LogP contribution in [0.15, 0.2) is 41.5 Å². The number of furan rings is 1. The first kappa shape index (κ1) is 12.4. The second-order valence-electron chi connectivity index (χ2n) is 4.08. The lowest BCUT2D eigenvalue weighted by Gasteiger charge is -2.05. The van der Waals surface area contributed by atoms with Crippen LogP contribution in [0.3, 0.4) is 0 Å². The fourth-order valence-corrected chi connectivity index (χ4v) is 1.69. The van der Waals surface area contributed by atoms with Gasteiger partial charge in [-0.25, -0.2) is 4.98 Å². The number of rotatable bonds is 7. The van der Waals surface area contributed by atoms with Crippen molar-refractivity contribution >= 4 is 5.91 Å². The molecule has 2 aromatic heterocycles. The lowest BCUT2D eigenvalue weighted by Crippen LogP contribution is -2.25. The molecule has 0 fully saturated rings. The van der Waals surface area contributed by atoms with Crippen LogP contribution in [0.4, 0.5) is 0 Å². The van der Waals surface area contributed by atoms with Crippen LogP contribution in [0.25, 0.3) is 0 Å². The summed E-state index contributed by atoms with van der Waals surface area (Å²) in [6, 6.07) is 3.71. The van der Waals surface area contributed by atoms with E-state index < -0.39 is 0 Å². The maximum Gasteiger partial charge on any atom is 0.220 e. The Morgan fingerprint density at radius 3 is 3.17 bits per heavy atom. The van der Waals surface area contributed by atoms with Crippen LogP contribution >= 0.6 is 0 Å². The maximum atomic E-state index is 11.5. The van der Waals surface area contributed by atoms with Crippen molar-refractivity contribution in [1.82, 2.24) is 14.9 Å². The summed E-state index contributed by atoms with van der Waals surface area (Å²) in [7, 11) is 0. The highest BCUT2D eigenvalue weighted by Gasteiger charge is 2.03. The highest BCUT2D eigenvalue weighted by atomic mass is 16.3. The summed E-state index contributed by atoms with van der Waals surface area (Å²) in [4.78, 5) is 15.5. The number of aryl methyl sites for hydroxylation is 2. The Bertz CT molecular complexity index is 449. The molecule has 0 aliphatic carbocycles. The van der Waals surface area contributed by atoms with Gasteiger partial charge in [-0.1, -0.05) is 0 Å². The lowest BCUT2D eigenvalue weighted by atomic mass is 10.2. The number of amides is 1. The molecule has 96 valence electrons. The molecule has 0 aliphatic rings. The number of nitrogens with zero attached hydrogens (tertiary/aromatic N) is 2. The normalized spacial score (nSPS) is 10.4. The minimum absolute atomic E-state index is 0.0667. The minimum atomic E-state index is 0.0667. The summed E-state index contributed by atoms with van der Waals surface area (Å²) in [5, 5.41) is 2.89. The molecule has 5 heteroatoms. The predicted octanol–water partition coefficient (Wildman–Crippen LogP) is 1.62. The number of hydrogen-bond donors (Lipinski definition) is 1. The first-order valence-electron chi connectivity index (χ1n) is 6.09. The fourth-order valence-electron chi connectivity index (χ4n) is 1.69. The molecule has 2 heterocycles. The third kappa shape index (κ3) is 4.08. The molecule has 0 aliphatic heterocycles. The Morgan fingerprint density at radius 1 is 1.50 bits per heavy atom. The number of imidazole rings is 1. The van der Waals surface area contributed by atoms with E-state index in [1.165, 1.54) is 0 Å². The molecule has 0 spiro atoms. The average molecular weight is 247 g/mol. The summed E-state index contributed by atoms with van der Waals surface area (Å²) >= 11 is 0. The molecule has 0 radical (unpaired) electrons. The van der Waals surface area contributed by atoms with Gasteiger partial charge in [0.25, 0.3) is 0 Å². The zero-order valence-electron chi connectivity index (χ0n) is 10.2. The highest BCUT2D eigenvalue weighted by Crippen LogP contribution is 2.03. The standard InChI is InChI=1S/C13H17N3O2/c17-13(5-4-12-3-1-10-18-12)15-6-2-8-16-9-7-14-11-16/h1,3,7,9-11H,2,4-6,8H2,(H,15,17). The van der Waals surface area contributed by atoms with Gasteiger partial charge >= 0.3 is 0 Å². The Labute approximate surface area is 106 Å². The highest BCUT2D eigenvalue weighted by molar-refractivity contribution is 5.75. The van der Waals surface area contributed by atoms with E-state index in [2.05, 4.69) is 10.3 Å². The van der Waals surface area contributed by atoms with Crippen molar-refractivity contribution in [3.63, 3.8) is 0 Å². The zero-order valence-corrected chi connectivity index (χ0v) is 10.2. The average Bonchev–Trinajstić information content (AvgIpc) is 3.04. The molecule has 0 bridgehead atoms. The summed E-state index contributed by atoms with van der Waals surface area (Å²) in [6.07, 6.45) is 9.10. The number of carbonyl (C=O) groups is 1. The molecular formula is C13H17N3O2. The molecule has 5 nitrogen and oxygen atoms in total. The van der Waals surface area contributed by atoms with Crippen LogP contribution in [-0.4, -0.2) is 22.0 Å². The fraction of sp³-hybridized carbons (Fsp3) is 0.385. The number of aromatic nitrogens is 2. The van der Waals surface area contributed by atoms with Gasteiger partial charge in [-0.3, -0.25) is 4.79 Å². The third-order valence-corrected chi connectivity index (χ3v) is 2.65. The van der Waals surface area contributed by atoms with Gasteiger partial charge in [0.05, 0.1) is 12.6 Å². The van der Waals surface area contributed by atoms with Crippen LogP contribution in [0.2, 0.25) is 0 Å². The van der Waals surface area contributed by atoms with E-state index in [1.807, 2.05) is 22.9 Å². The molecule has 2 rings (SSSR count). The molecule has 2 aromatic rings. The molecule has 1 N–H and O–H groups in total. The molecule has 0 atom stereocenters. The second-order valence-corrected chi connectivity index (χ2v) is 4.08. The van der Waals surface area contributed by atoms with Crippen molar-refractivity contribution in [3.8, 4) is 0 Å². The molecule has 0 aromatic carbocycles. The van der Waals surface area contributed by atoms with Crippen LogP contribution in [0.5, 0.6) is 0 Å². The van der Waals surface area contributed by atoms with E-state index >= 15 is 0 Å². The van der Waals surface area contributed by atoms with Crippen LogP contribution in [0, 0.1) is 0 Å². The molecule has 0 unspecified atom stereocenters. The van der Waals surface area contributed by atoms with Gasteiger partial charge in [0.15, 0.2) is 0 Å². The Balaban J connectivity index is 1.55. The van der Waals surface area contributed by atoms with Gasteiger partial charge in [-0.05, 0) is 18.6 Å². The maximum absolute atomic E-state index is 11.5. The van der Waals surface area contributed by atoms with E-state index in [-0.39, 0.29) is 5.91 Å². The molecule has 0 saturated heterocycles. The van der Waals surface area contributed by atoms with Crippen molar-refractivity contribution in [2.24, 2.45) is 0 Å². The molecule has 1 amide bonds. The summed E-state index contributed by atoms with van der Waals surface area (Å²) in [5.41, 5.74) is 0. The van der Waals surface area contributed by atoms with Crippen LogP contribution < -0.4 is 5.32 Å². The van der Waals surface area contributed by atoms with Crippen molar-refractivity contribution < 1.29 is 9.21 Å². The lowest BCUT2D eigenvalue weighted by molar-refractivity contribution is -0.121. The molecule has 18 heavy (non-hydrogen) atoms. The topological polar surface area (TPSA) is 60.1 Å². The Morgan fingerprint density at radius 2 is 2.44 bits per heavy atom. The van der Waals surface area contributed by atoms with Crippen molar-refractivity contribution in [2.45, 2.75) is 25.8 Å². The van der Waals surface area contributed by atoms with E-state index in [1.54, 1.807) is 18.8 Å². The van der Waals surface area contributed by atoms with Gasteiger partial charge in [-0.2, -0.15) is 0 Å². The van der Waals surface area contributed by atoms with E-state index in [0.717, 1.165) is 18.7 Å². The molecular weight excluding hydrogens is 230 g/mol. The zero-order chi connectivity index (χ0) is 12.6. The SMILES string of the molecule is O=C(CCc1ccco1)NCCCn1ccnc1. The van der Waals surface area contributed by atoms with Crippen LogP contribution in [-0.2, 0) is 17.8 Å². The largest absolute Gasteiger partial charge is 0.469 e. The quantitative estimate of drug-likeness (QED) is 0.756. The van der Waals surface area contributed by atoms with Gasteiger partial charge in [-0.15, -0.1) is 0 Å². The van der Waals surface area contributed by atoms with Gasteiger partial charge < -0.3 is 14.3 Å². The number of hydrogen-bond acceptors (Lipinski definition) is 3. The summed E-state index contributed by atoms with van der Waals surface area (Å²) < 4.78 is 7.16. The van der Waals surface area contributed by atoms with E-state index in [4.69, 9.17) is 4.42 Å². The monoisotopic (exact) mass is 247 g/mol. The van der Waals surface area contributed by atoms with Gasteiger partial charge in [0.1, 0.15) is 5.76 Å². The van der Waals surface area contributed by atoms with Crippen molar-refractivity contribution in [2.75, 3.05) is 6.54 Å². The Hall–Kier alpha value is -2.04. The van der Waals surface area contributed by atoms with Crippen molar-refractivity contribution in [1.29, 1.82) is 0 Å². The van der Waals surface area contributed by atoms with Gasteiger partial charge in [0, 0.05) is 38.3 Å². The number of nitrogens with one attached hydrogen (secondary N) is 1.